The van der Waals surface area contributed by atoms with E-state index in [2.05, 4.69) is 25.6 Å². The molecule has 0 bridgehead atoms. The number of thiazole rings is 1. The van der Waals surface area contributed by atoms with Gasteiger partial charge in [0, 0.05) is 21.2 Å². The molecule has 0 saturated heterocycles. The Morgan fingerprint density at radius 2 is 2.14 bits per heavy atom. The topological polar surface area (TPSA) is 85.1 Å². The highest BCUT2D eigenvalue weighted by Crippen LogP contribution is 2.27. The molecule has 2 rings (SSSR count). The van der Waals surface area contributed by atoms with Crippen molar-refractivity contribution in [3.8, 4) is 0 Å². The van der Waals surface area contributed by atoms with E-state index < -0.39 is 26.8 Å². The van der Waals surface area contributed by atoms with Gasteiger partial charge >= 0.3 is 0 Å². The van der Waals surface area contributed by atoms with E-state index >= 15 is 0 Å². The van der Waals surface area contributed by atoms with Crippen LogP contribution in [0.15, 0.2) is 26.9 Å². The zero-order valence-corrected chi connectivity index (χ0v) is 14.4. The molecule has 0 saturated carbocycles. The molecular weight excluding hydrogens is 381 g/mol. The number of sulfonamides is 1. The summed E-state index contributed by atoms with van der Waals surface area (Å²) in [6.07, 6.45) is 0. The van der Waals surface area contributed by atoms with E-state index in [-0.39, 0.29) is 5.69 Å². The molecular formula is C12H13BrFN3O2S2. The molecule has 1 aromatic carbocycles. The Labute approximate surface area is 134 Å². The lowest BCUT2D eigenvalue weighted by Gasteiger charge is -2.13. The second kappa shape index (κ2) is 5.99. The number of hydrogen-bond acceptors (Lipinski definition) is 5. The number of hydrogen-bond donors (Lipinski definition) is 2. The molecule has 9 heteroatoms. The molecule has 5 nitrogen and oxygen atoms in total. The highest BCUT2D eigenvalue weighted by molar-refractivity contribution is 9.10. The molecule has 1 heterocycles. The van der Waals surface area contributed by atoms with Crippen LogP contribution >= 0.6 is 27.3 Å². The molecule has 0 aliphatic carbocycles. The van der Waals surface area contributed by atoms with Crippen molar-refractivity contribution in [1.82, 2.24) is 9.71 Å². The van der Waals surface area contributed by atoms with Gasteiger partial charge in [-0.1, -0.05) is 0 Å². The van der Waals surface area contributed by atoms with Crippen LogP contribution in [0.25, 0.3) is 0 Å². The molecule has 3 N–H and O–H groups in total. The lowest BCUT2D eigenvalue weighted by molar-refractivity contribution is 0.546. The van der Waals surface area contributed by atoms with Crippen molar-refractivity contribution in [2.45, 2.75) is 24.8 Å². The van der Waals surface area contributed by atoms with E-state index in [4.69, 9.17) is 5.73 Å². The monoisotopic (exact) mass is 393 g/mol. The van der Waals surface area contributed by atoms with Crippen LogP contribution in [0.4, 0.5) is 10.1 Å². The second-order valence-electron chi connectivity index (χ2n) is 4.47. The zero-order valence-electron chi connectivity index (χ0n) is 11.2. The summed E-state index contributed by atoms with van der Waals surface area (Å²) in [5.74, 6) is -0.869. The first-order valence-corrected chi connectivity index (χ1v) is 9.05. The van der Waals surface area contributed by atoms with E-state index in [1.807, 2.05) is 12.3 Å². The number of rotatable bonds is 4. The fourth-order valence-corrected chi connectivity index (χ4v) is 4.16. The summed E-state index contributed by atoms with van der Waals surface area (Å²) in [5, 5.41) is 2.43. The van der Waals surface area contributed by atoms with Crippen LogP contribution in [0, 0.1) is 12.7 Å². The summed E-state index contributed by atoms with van der Waals surface area (Å²) in [4.78, 5) is 3.73. The molecule has 2 aromatic rings. The Kier molecular flexibility index (Phi) is 4.66. The Morgan fingerprint density at radius 3 is 2.71 bits per heavy atom. The van der Waals surface area contributed by atoms with Crippen LogP contribution in [-0.4, -0.2) is 13.4 Å². The second-order valence-corrected chi connectivity index (χ2v) is 7.90. The normalized spacial score (nSPS) is 13.3. The van der Waals surface area contributed by atoms with E-state index in [1.165, 1.54) is 11.3 Å². The fraction of sp³-hybridized carbons (Fsp3) is 0.250. The lowest BCUT2D eigenvalue weighted by atomic mass is 10.3. The van der Waals surface area contributed by atoms with E-state index in [0.29, 0.717) is 9.48 Å². The minimum absolute atomic E-state index is 0.148. The predicted molar refractivity (Wildman–Crippen MR) is 84.1 cm³/mol. The number of aryl methyl sites for hydroxylation is 1. The first-order chi connectivity index (χ1) is 9.70. The maximum Gasteiger partial charge on any atom is 0.244 e. The molecule has 0 fully saturated rings. The van der Waals surface area contributed by atoms with Crippen molar-refractivity contribution in [2.24, 2.45) is 0 Å². The molecule has 114 valence electrons. The van der Waals surface area contributed by atoms with Crippen molar-refractivity contribution in [3.63, 3.8) is 0 Å². The summed E-state index contributed by atoms with van der Waals surface area (Å²) >= 11 is 4.39. The number of halogens is 2. The summed E-state index contributed by atoms with van der Waals surface area (Å²) in [6, 6.07) is 1.56. The number of aromatic nitrogens is 1. The summed E-state index contributed by atoms with van der Waals surface area (Å²) in [6.45, 7) is 3.46. The number of nitrogens with one attached hydrogen (secondary N) is 1. The van der Waals surface area contributed by atoms with Crippen molar-refractivity contribution in [3.05, 3.63) is 38.5 Å². The molecule has 0 amide bonds. The summed E-state index contributed by atoms with van der Waals surface area (Å²) in [7, 11) is -4.03. The van der Waals surface area contributed by atoms with Crippen LogP contribution in [0.1, 0.15) is 23.7 Å². The third-order valence-corrected chi connectivity index (χ3v) is 6.07. The van der Waals surface area contributed by atoms with E-state index in [1.54, 1.807) is 6.92 Å². The average Bonchev–Trinajstić information content (AvgIpc) is 2.80. The third kappa shape index (κ3) is 3.60. The first kappa shape index (κ1) is 16.3. The number of benzene rings is 1. The molecule has 0 aliphatic heterocycles. The van der Waals surface area contributed by atoms with Crippen molar-refractivity contribution in [1.29, 1.82) is 0 Å². The molecule has 1 aromatic heterocycles. The Bertz CT molecular complexity index is 777. The predicted octanol–water partition coefficient (Wildman–Crippen LogP) is 2.97. The van der Waals surface area contributed by atoms with E-state index in [9.17, 15) is 12.8 Å². The largest absolute Gasteiger partial charge is 0.398 e. The Hall–Kier alpha value is -1.03. The SMILES string of the molecule is Cc1csc(C(C)NS(=O)(=O)c2cc(N)c(Br)cc2F)n1. The first-order valence-electron chi connectivity index (χ1n) is 5.89. The Morgan fingerprint density at radius 1 is 1.48 bits per heavy atom. The van der Waals surface area contributed by atoms with Crippen molar-refractivity contribution < 1.29 is 12.8 Å². The number of nitrogen functional groups attached to an aromatic ring is 1. The van der Waals surface area contributed by atoms with Gasteiger partial charge in [0.15, 0.2) is 0 Å². The minimum atomic E-state index is -4.03. The van der Waals surface area contributed by atoms with E-state index in [0.717, 1.165) is 17.8 Å². The summed E-state index contributed by atoms with van der Waals surface area (Å²) in [5.41, 5.74) is 6.57. The van der Waals surface area contributed by atoms with Gasteiger partial charge in [-0.25, -0.2) is 22.5 Å². The van der Waals surface area contributed by atoms with Gasteiger partial charge in [0.25, 0.3) is 0 Å². The third-order valence-electron chi connectivity index (χ3n) is 2.68. The lowest BCUT2D eigenvalue weighted by Crippen LogP contribution is -2.27. The Balaban J connectivity index is 2.32. The van der Waals surface area contributed by atoms with Gasteiger partial charge in [-0.2, -0.15) is 0 Å². The molecule has 21 heavy (non-hydrogen) atoms. The van der Waals surface area contributed by atoms with Gasteiger partial charge in [-0.05, 0) is 41.9 Å². The highest BCUT2D eigenvalue weighted by Gasteiger charge is 2.24. The minimum Gasteiger partial charge on any atom is -0.398 e. The number of nitrogens with zero attached hydrogens (tertiary/aromatic N) is 1. The maximum absolute atomic E-state index is 13.9. The van der Waals surface area contributed by atoms with Gasteiger partial charge in [-0.15, -0.1) is 11.3 Å². The van der Waals surface area contributed by atoms with Crippen molar-refractivity contribution >= 4 is 43.0 Å². The fourth-order valence-electron chi connectivity index (χ4n) is 1.67. The average molecular weight is 394 g/mol. The number of nitrogens with two attached hydrogens (primary N) is 1. The van der Waals surface area contributed by atoms with Crippen LogP contribution in [-0.2, 0) is 10.0 Å². The molecule has 0 radical (unpaired) electrons. The zero-order chi connectivity index (χ0) is 15.8. The van der Waals surface area contributed by atoms with Gasteiger partial charge < -0.3 is 5.73 Å². The highest BCUT2D eigenvalue weighted by atomic mass is 79.9. The smallest absolute Gasteiger partial charge is 0.244 e. The quantitative estimate of drug-likeness (QED) is 0.781. The van der Waals surface area contributed by atoms with Crippen LogP contribution in [0.5, 0.6) is 0 Å². The van der Waals surface area contributed by atoms with Crippen LogP contribution in [0.3, 0.4) is 0 Å². The van der Waals surface area contributed by atoms with Gasteiger partial charge in [0.2, 0.25) is 10.0 Å². The molecule has 0 spiro atoms. The molecule has 0 aliphatic rings. The summed E-state index contributed by atoms with van der Waals surface area (Å²) < 4.78 is 41.1. The van der Waals surface area contributed by atoms with Gasteiger partial charge in [0.05, 0.1) is 6.04 Å². The molecule has 1 unspecified atom stereocenters. The number of anilines is 1. The van der Waals surface area contributed by atoms with Crippen LogP contribution < -0.4 is 10.5 Å². The maximum atomic E-state index is 13.9. The molecule has 1 atom stereocenters. The van der Waals surface area contributed by atoms with Gasteiger partial charge in [0.1, 0.15) is 15.7 Å². The van der Waals surface area contributed by atoms with Crippen LogP contribution in [0.2, 0.25) is 0 Å². The van der Waals surface area contributed by atoms with Crippen molar-refractivity contribution in [2.75, 3.05) is 5.73 Å². The van der Waals surface area contributed by atoms with Gasteiger partial charge in [-0.3, -0.25) is 0 Å². The standard InChI is InChI=1S/C12H13BrFN3O2S2/c1-6-5-20-12(16-6)7(2)17-21(18,19)11-4-10(15)8(13)3-9(11)14/h3-5,7,17H,15H2,1-2H3.